The van der Waals surface area contributed by atoms with Crippen molar-refractivity contribution < 1.29 is 9.18 Å². The fourth-order valence-corrected chi connectivity index (χ4v) is 3.54. The number of anilines is 1. The maximum absolute atomic E-state index is 13.1. The number of amides is 1. The number of hydrogen-bond acceptors (Lipinski definition) is 4. The van der Waals surface area contributed by atoms with Crippen LogP contribution in [0.5, 0.6) is 0 Å². The highest BCUT2D eigenvalue weighted by molar-refractivity contribution is 5.95. The molecule has 1 aromatic heterocycles. The lowest BCUT2D eigenvalue weighted by Gasteiger charge is -2.34. The Morgan fingerprint density at radius 2 is 1.67 bits per heavy atom. The molecule has 4 rings (SSSR count). The summed E-state index contributed by atoms with van der Waals surface area (Å²) in [4.78, 5) is 21.5. The van der Waals surface area contributed by atoms with E-state index >= 15 is 0 Å². The predicted molar refractivity (Wildman–Crippen MR) is 117 cm³/mol. The molecule has 0 unspecified atom stereocenters. The normalized spacial score (nSPS) is 14.5. The SMILES string of the molecule is CN1CCN(c2ccc(CNC(=O)c3cncc(-c4ccc(F)cc4)c3)cc2)CC1. The van der Waals surface area contributed by atoms with E-state index in [4.69, 9.17) is 0 Å². The van der Waals surface area contributed by atoms with E-state index < -0.39 is 0 Å². The molecule has 1 N–H and O–H groups in total. The maximum atomic E-state index is 13.1. The molecule has 5 nitrogen and oxygen atoms in total. The Bertz CT molecular complexity index is 996. The van der Waals surface area contributed by atoms with Gasteiger partial charge < -0.3 is 15.1 Å². The number of carbonyl (C=O) groups excluding carboxylic acids is 1. The Labute approximate surface area is 176 Å². The molecule has 0 atom stereocenters. The van der Waals surface area contributed by atoms with E-state index in [0.29, 0.717) is 12.1 Å². The van der Waals surface area contributed by atoms with E-state index in [-0.39, 0.29) is 11.7 Å². The molecule has 1 aliphatic rings. The predicted octanol–water partition coefficient (Wildman–Crippen LogP) is 3.57. The largest absolute Gasteiger partial charge is 0.369 e. The Balaban J connectivity index is 1.36. The van der Waals surface area contributed by atoms with Crippen molar-refractivity contribution in [3.05, 3.63) is 83.9 Å². The number of nitrogens with one attached hydrogen (secondary N) is 1. The van der Waals surface area contributed by atoms with Gasteiger partial charge in [0, 0.05) is 56.4 Å². The first-order chi connectivity index (χ1) is 14.6. The van der Waals surface area contributed by atoms with E-state index in [2.05, 4.69) is 51.4 Å². The molecule has 1 amide bonds. The lowest BCUT2D eigenvalue weighted by atomic mass is 10.1. The van der Waals surface area contributed by atoms with Crippen molar-refractivity contribution >= 4 is 11.6 Å². The van der Waals surface area contributed by atoms with Crippen LogP contribution in [0, 0.1) is 5.82 Å². The number of piperazine rings is 1. The summed E-state index contributed by atoms with van der Waals surface area (Å²) in [5.74, 6) is -0.478. The number of benzene rings is 2. The molecule has 3 aromatic rings. The van der Waals surface area contributed by atoms with Crippen LogP contribution < -0.4 is 10.2 Å². The quantitative estimate of drug-likeness (QED) is 0.706. The van der Waals surface area contributed by atoms with Gasteiger partial charge in [-0.3, -0.25) is 9.78 Å². The Kier molecular flexibility index (Phi) is 6.05. The number of hydrogen-bond donors (Lipinski definition) is 1. The molecular weight excluding hydrogens is 379 g/mol. The first-order valence-electron chi connectivity index (χ1n) is 10.1. The van der Waals surface area contributed by atoms with E-state index in [1.54, 1.807) is 30.6 Å². The average Bonchev–Trinajstić information content (AvgIpc) is 2.79. The van der Waals surface area contributed by atoms with Gasteiger partial charge in [-0.2, -0.15) is 0 Å². The number of rotatable bonds is 5. The number of pyridine rings is 1. The maximum Gasteiger partial charge on any atom is 0.253 e. The van der Waals surface area contributed by atoms with Crippen LogP contribution in [0.4, 0.5) is 10.1 Å². The third-order valence-electron chi connectivity index (χ3n) is 5.44. The summed E-state index contributed by atoms with van der Waals surface area (Å²) in [7, 11) is 2.15. The van der Waals surface area contributed by atoms with Crippen molar-refractivity contribution in [3.8, 4) is 11.1 Å². The first kappa shape index (κ1) is 20.0. The second kappa shape index (κ2) is 9.05. The van der Waals surface area contributed by atoms with E-state index in [9.17, 15) is 9.18 Å². The van der Waals surface area contributed by atoms with Gasteiger partial charge in [-0.15, -0.1) is 0 Å². The van der Waals surface area contributed by atoms with Gasteiger partial charge in [-0.1, -0.05) is 24.3 Å². The van der Waals surface area contributed by atoms with Gasteiger partial charge in [0.15, 0.2) is 0 Å². The Hall–Kier alpha value is -3.25. The van der Waals surface area contributed by atoms with E-state index in [0.717, 1.165) is 42.9 Å². The fraction of sp³-hybridized carbons (Fsp3) is 0.250. The smallest absolute Gasteiger partial charge is 0.253 e. The lowest BCUT2D eigenvalue weighted by Crippen LogP contribution is -2.44. The van der Waals surface area contributed by atoms with Crippen LogP contribution in [0.15, 0.2) is 67.0 Å². The minimum Gasteiger partial charge on any atom is -0.369 e. The minimum atomic E-state index is -0.292. The molecule has 154 valence electrons. The van der Waals surface area contributed by atoms with Crippen molar-refractivity contribution in [1.82, 2.24) is 15.2 Å². The summed E-state index contributed by atoms with van der Waals surface area (Å²) >= 11 is 0. The van der Waals surface area contributed by atoms with Crippen molar-refractivity contribution in [2.75, 3.05) is 38.1 Å². The second-order valence-electron chi connectivity index (χ2n) is 7.61. The number of aromatic nitrogens is 1. The lowest BCUT2D eigenvalue weighted by molar-refractivity contribution is 0.0950. The molecule has 0 radical (unpaired) electrons. The van der Waals surface area contributed by atoms with Crippen LogP contribution in [0.2, 0.25) is 0 Å². The van der Waals surface area contributed by atoms with Gasteiger partial charge in [-0.05, 0) is 48.5 Å². The molecule has 1 fully saturated rings. The first-order valence-corrected chi connectivity index (χ1v) is 10.1. The summed E-state index contributed by atoms with van der Waals surface area (Å²) in [6.45, 7) is 4.66. The monoisotopic (exact) mass is 404 g/mol. The molecule has 1 aliphatic heterocycles. The zero-order valence-electron chi connectivity index (χ0n) is 17.0. The molecule has 0 saturated carbocycles. The van der Waals surface area contributed by atoms with Crippen molar-refractivity contribution in [1.29, 1.82) is 0 Å². The molecule has 2 aromatic carbocycles. The van der Waals surface area contributed by atoms with Gasteiger partial charge in [0.1, 0.15) is 5.82 Å². The minimum absolute atomic E-state index is 0.186. The second-order valence-corrected chi connectivity index (χ2v) is 7.61. The van der Waals surface area contributed by atoms with Gasteiger partial charge in [0.05, 0.1) is 5.56 Å². The molecule has 2 heterocycles. The number of halogens is 1. The average molecular weight is 404 g/mol. The van der Waals surface area contributed by atoms with Gasteiger partial charge >= 0.3 is 0 Å². The molecule has 1 saturated heterocycles. The summed E-state index contributed by atoms with van der Waals surface area (Å²) in [6.07, 6.45) is 3.21. The summed E-state index contributed by atoms with van der Waals surface area (Å²) in [6, 6.07) is 16.3. The highest BCUT2D eigenvalue weighted by Crippen LogP contribution is 2.20. The Morgan fingerprint density at radius 1 is 0.967 bits per heavy atom. The van der Waals surface area contributed by atoms with Crippen molar-refractivity contribution in [3.63, 3.8) is 0 Å². The van der Waals surface area contributed by atoms with Crippen molar-refractivity contribution in [2.45, 2.75) is 6.54 Å². The molecule has 0 aliphatic carbocycles. The van der Waals surface area contributed by atoms with E-state index in [1.807, 2.05) is 0 Å². The van der Waals surface area contributed by atoms with Crippen molar-refractivity contribution in [2.24, 2.45) is 0 Å². The third-order valence-corrected chi connectivity index (χ3v) is 5.44. The number of carbonyl (C=O) groups is 1. The van der Waals surface area contributed by atoms with Gasteiger partial charge in [0.2, 0.25) is 0 Å². The third kappa shape index (κ3) is 4.83. The summed E-state index contributed by atoms with van der Waals surface area (Å²) in [5.41, 5.74) is 4.33. The zero-order valence-corrected chi connectivity index (χ0v) is 17.0. The number of nitrogens with zero attached hydrogens (tertiary/aromatic N) is 3. The Morgan fingerprint density at radius 3 is 2.37 bits per heavy atom. The van der Waals surface area contributed by atoms with Crippen LogP contribution in [0.3, 0.4) is 0 Å². The standard InChI is InChI=1S/C24H25FN4O/c1-28-10-12-29(13-11-28)23-8-2-18(3-9-23)15-27-24(30)21-14-20(16-26-17-21)19-4-6-22(25)7-5-19/h2-9,14,16-17H,10-13,15H2,1H3,(H,27,30). The highest BCUT2D eigenvalue weighted by atomic mass is 19.1. The van der Waals surface area contributed by atoms with Crippen LogP contribution in [0.25, 0.3) is 11.1 Å². The van der Waals surface area contributed by atoms with Gasteiger partial charge in [0.25, 0.3) is 5.91 Å². The molecule has 0 spiro atoms. The molecule has 30 heavy (non-hydrogen) atoms. The highest BCUT2D eigenvalue weighted by Gasteiger charge is 2.14. The zero-order chi connectivity index (χ0) is 20.9. The molecule has 6 heteroatoms. The van der Waals surface area contributed by atoms with Crippen LogP contribution >= 0.6 is 0 Å². The summed E-state index contributed by atoms with van der Waals surface area (Å²) < 4.78 is 13.1. The fourth-order valence-electron chi connectivity index (χ4n) is 3.54. The van der Waals surface area contributed by atoms with Crippen LogP contribution in [0.1, 0.15) is 15.9 Å². The topological polar surface area (TPSA) is 48.5 Å². The van der Waals surface area contributed by atoms with Crippen LogP contribution in [-0.2, 0) is 6.54 Å². The summed E-state index contributed by atoms with van der Waals surface area (Å²) in [5, 5.41) is 2.95. The van der Waals surface area contributed by atoms with Crippen LogP contribution in [-0.4, -0.2) is 49.0 Å². The molecular formula is C24H25FN4O. The van der Waals surface area contributed by atoms with E-state index in [1.165, 1.54) is 17.8 Å². The molecule has 0 bridgehead atoms. The number of likely N-dealkylation sites (N-methyl/N-ethyl adjacent to an activating group) is 1. The van der Waals surface area contributed by atoms with Gasteiger partial charge in [-0.25, -0.2) is 4.39 Å².